The summed E-state index contributed by atoms with van der Waals surface area (Å²) >= 11 is 0. The molecule has 0 aromatic heterocycles. The predicted octanol–water partition coefficient (Wildman–Crippen LogP) is 0.424. The summed E-state index contributed by atoms with van der Waals surface area (Å²) in [5, 5.41) is 0.337. The maximum absolute atomic E-state index is 12.9. The van der Waals surface area contributed by atoms with E-state index < -0.39 is 5.91 Å². The summed E-state index contributed by atoms with van der Waals surface area (Å²) in [7, 11) is 1.92. The van der Waals surface area contributed by atoms with E-state index in [0.29, 0.717) is 11.7 Å². The molecule has 1 saturated heterocycles. The molecule has 0 spiro atoms. The van der Waals surface area contributed by atoms with Crippen molar-refractivity contribution < 1.29 is 9.28 Å². The molecule has 1 rings (SSSR count). The van der Waals surface area contributed by atoms with Gasteiger partial charge < -0.3 is 4.90 Å². The number of hydrogen-bond acceptors (Lipinski definition) is 2. The largest absolute Gasteiger partial charge is 0.304 e. The smallest absolute Gasteiger partial charge is 0.247 e. The predicted molar refractivity (Wildman–Crippen MR) is 39.5 cm³/mol. The molecule has 11 heavy (non-hydrogen) atoms. The fourth-order valence-electron chi connectivity index (χ4n) is 1.35. The number of carbonyl (C=O) groups excluding carboxylic acids is 1. The average molecular weight is 160 g/mol. The standard InChI is InChI=1S/C7H13FN2O/c1-6(11)10(8)7-3-4-9(2)5-7/h7H,3-5H2,1-2H3. The Morgan fingerprint density at radius 2 is 2.36 bits per heavy atom. The lowest BCUT2D eigenvalue weighted by molar-refractivity contribution is -0.148. The zero-order valence-electron chi connectivity index (χ0n) is 6.88. The fourth-order valence-corrected chi connectivity index (χ4v) is 1.35. The van der Waals surface area contributed by atoms with Gasteiger partial charge in [0.25, 0.3) is 0 Å². The van der Waals surface area contributed by atoms with Crippen molar-refractivity contribution in [1.82, 2.24) is 10.0 Å². The summed E-state index contributed by atoms with van der Waals surface area (Å²) in [5.41, 5.74) is 0. The Hall–Kier alpha value is -0.640. The molecule has 1 atom stereocenters. The third-order valence-electron chi connectivity index (χ3n) is 1.99. The highest BCUT2D eigenvalue weighted by atomic mass is 19.2. The zero-order valence-corrected chi connectivity index (χ0v) is 6.88. The maximum atomic E-state index is 12.9. The Labute approximate surface area is 65.7 Å². The topological polar surface area (TPSA) is 23.6 Å². The molecular weight excluding hydrogens is 147 g/mol. The van der Waals surface area contributed by atoms with Crippen LogP contribution in [0, 0.1) is 0 Å². The minimum absolute atomic E-state index is 0.225. The number of likely N-dealkylation sites (N-methyl/N-ethyl adjacent to an activating group) is 1. The SMILES string of the molecule is CC(=O)N(F)C1CCN(C)C1. The summed E-state index contributed by atoms with van der Waals surface area (Å²) in [6, 6.07) is -0.225. The van der Waals surface area contributed by atoms with Gasteiger partial charge >= 0.3 is 0 Å². The van der Waals surface area contributed by atoms with Crippen LogP contribution in [0.4, 0.5) is 4.48 Å². The van der Waals surface area contributed by atoms with Gasteiger partial charge in [-0.25, -0.2) is 0 Å². The molecule has 0 bridgehead atoms. The van der Waals surface area contributed by atoms with Gasteiger partial charge in [0.2, 0.25) is 5.91 Å². The highest BCUT2D eigenvalue weighted by Crippen LogP contribution is 2.14. The van der Waals surface area contributed by atoms with Crippen LogP contribution in [-0.2, 0) is 4.79 Å². The van der Waals surface area contributed by atoms with Crippen molar-refractivity contribution in [3.63, 3.8) is 0 Å². The van der Waals surface area contributed by atoms with E-state index >= 15 is 0 Å². The molecule has 0 radical (unpaired) electrons. The lowest BCUT2D eigenvalue weighted by Gasteiger charge is -2.16. The molecule has 1 fully saturated rings. The summed E-state index contributed by atoms with van der Waals surface area (Å²) in [4.78, 5) is 12.6. The molecule has 0 N–H and O–H groups in total. The number of likely N-dealkylation sites (tertiary alicyclic amines) is 1. The number of halogens is 1. The molecule has 3 nitrogen and oxygen atoms in total. The average Bonchev–Trinajstić information content (AvgIpc) is 2.34. The van der Waals surface area contributed by atoms with Gasteiger partial charge in [-0.15, -0.1) is 0 Å². The van der Waals surface area contributed by atoms with Gasteiger partial charge in [0.15, 0.2) is 0 Å². The van der Waals surface area contributed by atoms with E-state index in [0.717, 1.165) is 13.0 Å². The molecule has 0 aromatic carbocycles. The van der Waals surface area contributed by atoms with Gasteiger partial charge in [0.05, 0.1) is 6.04 Å². The first-order valence-corrected chi connectivity index (χ1v) is 3.75. The van der Waals surface area contributed by atoms with Crippen molar-refractivity contribution in [2.45, 2.75) is 19.4 Å². The number of amides is 1. The fraction of sp³-hybridized carbons (Fsp3) is 0.857. The normalized spacial score (nSPS) is 25.5. The number of rotatable bonds is 1. The lowest BCUT2D eigenvalue weighted by Crippen LogP contribution is -2.33. The third-order valence-corrected chi connectivity index (χ3v) is 1.99. The van der Waals surface area contributed by atoms with E-state index in [2.05, 4.69) is 0 Å². The third kappa shape index (κ3) is 1.89. The van der Waals surface area contributed by atoms with E-state index in [1.165, 1.54) is 6.92 Å². The van der Waals surface area contributed by atoms with Crippen LogP contribution in [0.3, 0.4) is 0 Å². The molecule has 1 amide bonds. The second-order valence-electron chi connectivity index (χ2n) is 3.03. The molecule has 0 saturated carbocycles. The van der Waals surface area contributed by atoms with Gasteiger partial charge in [0, 0.05) is 20.0 Å². The van der Waals surface area contributed by atoms with Crippen molar-refractivity contribution in [3.05, 3.63) is 0 Å². The van der Waals surface area contributed by atoms with Crippen molar-refractivity contribution in [1.29, 1.82) is 0 Å². The van der Waals surface area contributed by atoms with Gasteiger partial charge in [-0.3, -0.25) is 4.79 Å². The van der Waals surface area contributed by atoms with Crippen LogP contribution < -0.4 is 0 Å². The van der Waals surface area contributed by atoms with Crippen molar-refractivity contribution in [3.8, 4) is 0 Å². The second-order valence-corrected chi connectivity index (χ2v) is 3.03. The Morgan fingerprint density at radius 1 is 1.73 bits per heavy atom. The molecule has 1 aliphatic heterocycles. The molecule has 64 valence electrons. The van der Waals surface area contributed by atoms with E-state index in [1.54, 1.807) is 0 Å². The molecule has 0 aromatic rings. The first-order chi connectivity index (χ1) is 5.11. The molecule has 0 aliphatic carbocycles. The highest BCUT2D eigenvalue weighted by molar-refractivity contribution is 5.72. The zero-order chi connectivity index (χ0) is 8.43. The molecule has 1 aliphatic rings. The number of hydrogen-bond donors (Lipinski definition) is 0. The van der Waals surface area contributed by atoms with E-state index in [-0.39, 0.29) is 6.04 Å². The van der Waals surface area contributed by atoms with Gasteiger partial charge in [-0.05, 0) is 13.5 Å². The maximum Gasteiger partial charge on any atom is 0.247 e. The number of carbonyl (C=O) groups is 1. The van der Waals surface area contributed by atoms with Crippen LogP contribution in [0.25, 0.3) is 0 Å². The van der Waals surface area contributed by atoms with E-state index in [4.69, 9.17) is 0 Å². The van der Waals surface area contributed by atoms with Crippen LogP contribution >= 0.6 is 0 Å². The van der Waals surface area contributed by atoms with Crippen LogP contribution in [0.5, 0.6) is 0 Å². The summed E-state index contributed by atoms with van der Waals surface area (Å²) in [6.45, 7) is 2.77. The monoisotopic (exact) mass is 160 g/mol. The summed E-state index contributed by atoms with van der Waals surface area (Å²) in [6.07, 6.45) is 0.743. The molecule has 1 unspecified atom stereocenters. The minimum Gasteiger partial charge on any atom is -0.304 e. The first-order valence-electron chi connectivity index (χ1n) is 3.75. The van der Waals surface area contributed by atoms with Gasteiger partial charge in [-0.2, -0.15) is 5.12 Å². The van der Waals surface area contributed by atoms with Crippen LogP contribution in [0.2, 0.25) is 0 Å². The Bertz CT molecular complexity index is 163. The van der Waals surface area contributed by atoms with E-state index in [9.17, 15) is 9.28 Å². The molecule has 4 heteroatoms. The quantitative estimate of drug-likeness (QED) is 0.519. The van der Waals surface area contributed by atoms with Crippen LogP contribution in [0.1, 0.15) is 13.3 Å². The van der Waals surface area contributed by atoms with Crippen molar-refractivity contribution in [2.75, 3.05) is 20.1 Å². The van der Waals surface area contributed by atoms with Gasteiger partial charge in [-0.1, -0.05) is 4.48 Å². The Morgan fingerprint density at radius 3 is 2.73 bits per heavy atom. The van der Waals surface area contributed by atoms with Crippen LogP contribution in [0.15, 0.2) is 0 Å². The Kier molecular flexibility index (Phi) is 2.44. The van der Waals surface area contributed by atoms with Gasteiger partial charge in [0.1, 0.15) is 0 Å². The summed E-state index contributed by atoms with van der Waals surface area (Å²) in [5.74, 6) is -0.495. The summed E-state index contributed by atoms with van der Waals surface area (Å²) < 4.78 is 12.9. The molecule has 1 heterocycles. The minimum atomic E-state index is -0.495. The second kappa shape index (κ2) is 3.17. The first kappa shape index (κ1) is 8.46. The van der Waals surface area contributed by atoms with Crippen molar-refractivity contribution in [2.24, 2.45) is 0 Å². The van der Waals surface area contributed by atoms with E-state index in [1.807, 2.05) is 11.9 Å². The highest BCUT2D eigenvalue weighted by Gasteiger charge is 2.27. The molecular formula is C7H13FN2O. The lowest BCUT2D eigenvalue weighted by atomic mass is 10.2. The number of nitrogens with zero attached hydrogens (tertiary/aromatic N) is 2. The Balaban J connectivity index is 2.43. The van der Waals surface area contributed by atoms with Crippen molar-refractivity contribution >= 4 is 5.91 Å². The van der Waals surface area contributed by atoms with Crippen LogP contribution in [-0.4, -0.2) is 42.1 Å².